The third-order valence-corrected chi connectivity index (χ3v) is 3.10. The smallest absolute Gasteiger partial charge is 1.00 e. The number of hydrogen-bond donors (Lipinski definition) is 1. The van der Waals surface area contributed by atoms with Crippen LogP contribution >= 0.6 is 0 Å². The van der Waals surface area contributed by atoms with Gasteiger partial charge in [0, 0.05) is 18.3 Å². The standard InChI is InChI=1S/C15H15NO3.K.H/c1-10-3-5-11(6-4-10)15(19)13-8-7-12(16(13)2)9-14(17)18;;/h3-8H,9H2,1-2H3,(H,17,18);;/q;+1;-1. The van der Waals surface area contributed by atoms with Gasteiger partial charge in [-0.25, -0.2) is 0 Å². The van der Waals surface area contributed by atoms with Crippen LogP contribution in [0, 0.1) is 6.92 Å². The number of benzene rings is 1. The Bertz CT molecular complexity index is 635. The minimum atomic E-state index is -0.907. The summed E-state index contributed by atoms with van der Waals surface area (Å²) in [5, 5.41) is 8.79. The predicted molar refractivity (Wildman–Crippen MR) is 72.5 cm³/mol. The maximum absolute atomic E-state index is 12.3. The fraction of sp³-hybridized carbons (Fsp3) is 0.200. The monoisotopic (exact) mass is 297 g/mol. The minimum absolute atomic E-state index is 0. The van der Waals surface area contributed by atoms with Gasteiger partial charge in [-0.2, -0.15) is 0 Å². The van der Waals surface area contributed by atoms with Gasteiger partial charge < -0.3 is 11.1 Å². The van der Waals surface area contributed by atoms with Crippen molar-refractivity contribution in [3.8, 4) is 0 Å². The van der Waals surface area contributed by atoms with Crippen molar-refractivity contribution in [1.82, 2.24) is 4.57 Å². The molecule has 1 N–H and O–H groups in total. The van der Waals surface area contributed by atoms with Crippen molar-refractivity contribution in [3.63, 3.8) is 0 Å². The van der Waals surface area contributed by atoms with E-state index in [9.17, 15) is 9.59 Å². The molecule has 0 fully saturated rings. The van der Waals surface area contributed by atoms with E-state index in [0.717, 1.165) is 5.56 Å². The Hall–Kier alpha value is -0.724. The molecule has 4 nitrogen and oxygen atoms in total. The van der Waals surface area contributed by atoms with Gasteiger partial charge in [0.1, 0.15) is 0 Å². The van der Waals surface area contributed by atoms with Crippen LogP contribution in [0.25, 0.3) is 0 Å². The van der Waals surface area contributed by atoms with E-state index < -0.39 is 5.97 Å². The van der Waals surface area contributed by atoms with Crippen LogP contribution in [0.4, 0.5) is 0 Å². The summed E-state index contributed by atoms with van der Waals surface area (Å²) in [7, 11) is 1.71. The number of ketones is 1. The molecule has 0 saturated carbocycles. The zero-order chi connectivity index (χ0) is 14.0. The van der Waals surface area contributed by atoms with Crippen molar-refractivity contribution in [2.24, 2.45) is 7.05 Å². The van der Waals surface area contributed by atoms with Crippen LogP contribution in [0.3, 0.4) is 0 Å². The summed E-state index contributed by atoms with van der Waals surface area (Å²) in [5.41, 5.74) is 2.81. The average molecular weight is 297 g/mol. The second-order valence-electron chi connectivity index (χ2n) is 4.53. The van der Waals surface area contributed by atoms with E-state index in [1.807, 2.05) is 19.1 Å². The first-order chi connectivity index (χ1) is 8.99. The number of aliphatic carboxylic acids is 1. The molecule has 20 heavy (non-hydrogen) atoms. The Morgan fingerprint density at radius 1 is 1.15 bits per heavy atom. The van der Waals surface area contributed by atoms with E-state index in [2.05, 4.69) is 0 Å². The molecule has 1 aromatic heterocycles. The van der Waals surface area contributed by atoms with Crippen LogP contribution in [0.2, 0.25) is 0 Å². The summed E-state index contributed by atoms with van der Waals surface area (Å²) < 4.78 is 1.64. The Kier molecular flexibility index (Phi) is 6.35. The summed E-state index contributed by atoms with van der Waals surface area (Å²) in [6.07, 6.45) is -0.0856. The van der Waals surface area contributed by atoms with Gasteiger partial charge >= 0.3 is 57.4 Å². The molecule has 0 radical (unpaired) electrons. The molecule has 1 heterocycles. The fourth-order valence-electron chi connectivity index (χ4n) is 1.97. The topological polar surface area (TPSA) is 59.3 Å². The van der Waals surface area contributed by atoms with Gasteiger partial charge in [-0.1, -0.05) is 29.8 Å². The predicted octanol–water partition coefficient (Wildman–Crippen LogP) is -0.692. The Balaban J connectivity index is 0.00000200. The molecule has 5 heteroatoms. The number of carboxylic acid groups (broad SMARTS) is 1. The average Bonchev–Trinajstić information content (AvgIpc) is 2.70. The van der Waals surface area contributed by atoms with Crippen LogP contribution < -0.4 is 51.4 Å². The van der Waals surface area contributed by atoms with Crippen molar-refractivity contribution >= 4 is 11.8 Å². The summed E-state index contributed by atoms with van der Waals surface area (Å²) >= 11 is 0. The van der Waals surface area contributed by atoms with E-state index in [4.69, 9.17) is 5.11 Å². The summed E-state index contributed by atoms with van der Waals surface area (Å²) in [4.78, 5) is 23.0. The number of aromatic nitrogens is 1. The number of carboxylic acids is 1. The summed E-state index contributed by atoms with van der Waals surface area (Å²) in [5.74, 6) is -1.00. The molecule has 0 aliphatic rings. The number of hydrogen-bond acceptors (Lipinski definition) is 2. The SMILES string of the molecule is Cc1ccc(C(=O)c2ccc(CC(=O)O)n2C)cc1.[H-].[K+]. The summed E-state index contributed by atoms with van der Waals surface area (Å²) in [6, 6.07) is 10.7. The van der Waals surface area contributed by atoms with Gasteiger partial charge in [0.25, 0.3) is 0 Å². The quantitative estimate of drug-likeness (QED) is 0.600. The second-order valence-corrected chi connectivity index (χ2v) is 4.53. The third-order valence-electron chi connectivity index (χ3n) is 3.10. The molecular formula is C15H16KNO3. The molecule has 100 valence electrons. The van der Waals surface area contributed by atoms with Crippen LogP contribution in [0.1, 0.15) is 28.7 Å². The number of aryl methyl sites for hydroxylation is 1. The first-order valence-electron chi connectivity index (χ1n) is 5.97. The molecule has 2 rings (SSSR count). The van der Waals surface area contributed by atoms with Gasteiger partial charge in [-0.3, -0.25) is 9.59 Å². The van der Waals surface area contributed by atoms with E-state index in [-0.39, 0.29) is 65.0 Å². The van der Waals surface area contributed by atoms with E-state index in [1.165, 1.54) is 0 Å². The minimum Gasteiger partial charge on any atom is -1.00 e. The number of carbonyl (C=O) groups is 2. The van der Waals surface area contributed by atoms with Crippen molar-refractivity contribution in [3.05, 3.63) is 58.9 Å². The third kappa shape index (κ3) is 3.90. The van der Waals surface area contributed by atoms with E-state index >= 15 is 0 Å². The molecule has 0 bridgehead atoms. The van der Waals surface area contributed by atoms with Gasteiger partial charge in [0.2, 0.25) is 5.78 Å². The number of rotatable bonds is 4. The van der Waals surface area contributed by atoms with Crippen molar-refractivity contribution in [1.29, 1.82) is 0 Å². The maximum atomic E-state index is 12.3. The number of nitrogens with zero attached hydrogens (tertiary/aromatic N) is 1. The second kappa shape index (κ2) is 7.33. The van der Waals surface area contributed by atoms with Crippen LogP contribution in [0.15, 0.2) is 36.4 Å². The van der Waals surface area contributed by atoms with Gasteiger partial charge in [-0.05, 0) is 19.1 Å². The zero-order valence-corrected chi connectivity index (χ0v) is 15.0. The molecule has 0 saturated heterocycles. The van der Waals surface area contributed by atoms with Crippen molar-refractivity contribution in [2.75, 3.05) is 0 Å². The largest absolute Gasteiger partial charge is 1.00 e. The first-order valence-corrected chi connectivity index (χ1v) is 5.97. The van der Waals surface area contributed by atoms with Crippen LogP contribution in [-0.4, -0.2) is 21.4 Å². The maximum Gasteiger partial charge on any atom is 1.00 e. The van der Waals surface area contributed by atoms with Gasteiger partial charge in [0.15, 0.2) is 0 Å². The Morgan fingerprint density at radius 3 is 2.30 bits per heavy atom. The molecular weight excluding hydrogens is 281 g/mol. The van der Waals surface area contributed by atoms with Crippen molar-refractivity contribution in [2.45, 2.75) is 13.3 Å². The molecule has 2 aromatic rings. The summed E-state index contributed by atoms with van der Waals surface area (Å²) in [6.45, 7) is 1.96. The Labute approximate surface area is 161 Å². The molecule has 0 amide bonds. The molecule has 0 aliphatic carbocycles. The van der Waals surface area contributed by atoms with Gasteiger partial charge in [0.05, 0.1) is 12.1 Å². The van der Waals surface area contributed by atoms with E-state index in [0.29, 0.717) is 17.0 Å². The van der Waals surface area contributed by atoms with E-state index in [1.54, 1.807) is 35.9 Å². The van der Waals surface area contributed by atoms with Crippen molar-refractivity contribution < 1.29 is 67.5 Å². The fourth-order valence-corrected chi connectivity index (χ4v) is 1.97. The zero-order valence-electron chi connectivity index (χ0n) is 12.9. The van der Waals surface area contributed by atoms with Gasteiger partial charge in [-0.15, -0.1) is 0 Å². The molecule has 0 unspecified atom stereocenters. The normalized spacial score (nSPS) is 9.90. The first kappa shape index (κ1) is 17.3. The Morgan fingerprint density at radius 2 is 1.75 bits per heavy atom. The number of carbonyl (C=O) groups excluding carboxylic acids is 1. The van der Waals surface area contributed by atoms with Crippen LogP contribution in [-0.2, 0) is 18.3 Å². The molecule has 0 atom stereocenters. The molecule has 0 aliphatic heterocycles. The molecule has 1 aromatic carbocycles. The van der Waals surface area contributed by atoms with Crippen LogP contribution in [0.5, 0.6) is 0 Å². The molecule has 0 spiro atoms.